The first-order valence-electron chi connectivity index (χ1n) is 2.41. The van der Waals surface area contributed by atoms with Crippen LogP contribution in [-0.2, 0) is 7.05 Å². The summed E-state index contributed by atoms with van der Waals surface area (Å²) in [5.41, 5.74) is 1.13. The summed E-state index contributed by atoms with van der Waals surface area (Å²) >= 11 is 5.64. The second-order valence-electron chi connectivity index (χ2n) is 1.78. The van der Waals surface area contributed by atoms with E-state index >= 15 is 0 Å². The zero-order valence-corrected chi connectivity index (χ0v) is 5.66. The molecule has 1 rings (SSSR count). The molecule has 8 heavy (non-hydrogen) atoms. The van der Waals surface area contributed by atoms with Gasteiger partial charge in [0, 0.05) is 18.8 Å². The van der Waals surface area contributed by atoms with Crippen LogP contribution in [0.15, 0.2) is 6.07 Å². The van der Waals surface area contributed by atoms with Crippen molar-refractivity contribution in [2.45, 2.75) is 6.92 Å². The molecule has 0 aliphatic rings. The maximum absolute atomic E-state index is 5.64. The standard InChI is InChI=1S/C6H7ClN/c1-5-3-4-6(7)8(5)2/h3H,1-2H3. The van der Waals surface area contributed by atoms with Gasteiger partial charge in [-0.25, -0.2) is 0 Å². The lowest BCUT2D eigenvalue weighted by molar-refractivity contribution is 0.883. The Labute approximate surface area is 53.9 Å². The van der Waals surface area contributed by atoms with Crippen LogP contribution in [0.3, 0.4) is 0 Å². The fourth-order valence-electron chi connectivity index (χ4n) is 0.512. The molecule has 2 heteroatoms. The molecule has 0 aliphatic heterocycles. The molecule has 0 saturated heterocycles. The van der Waals surface area contributed by atoms with E-state index in [2.05, 4.69) is 6.07 Å². The molecular formula is C6H7ClN. The molecule has 0 saturated carbocycles. The molecule has 1 radical (unpaired) electrons. The van der Waals surface area contributed by atoms with Gasteiger partial charge in [-0.1, -0.05) is 11.6 Å². The molecular weight excluding hydrogens is 122 g/mol. The highest BCUT2D eigenvalue weighted by Gasteiger charge is 1.94. The van der Waals surface area contributed by atoms with E-state index in [-0.39, 0.29) is 0 Å². The Bertz CT molecular complexity index is 171. The minimum atomic E-state index is 0.669. The topological polar surface area (TPSA) is 4.93 Å². The zero-order chi connectivity index (χ0) is 6.15. The average Bonchev–Trinajstić information content (AvgIpc) is 1.98. The first-order valence-corrected chi connectivity index (χ1v) is 2.79. The number of halogens is 1. The molecule has 0 bridgehead atoms. The number of nitrogens with zero attached hydrogens (tertiary/aromatic N) is 1. The lowest BCUT2D eigenvalue weighted by Gasteiger charge is -1.94. The number of aryl methyl sites for hydroxylation is 1. The smallest absolute Gasteiger partial charge is 0.116 e. The van der Waals surface area contributed by atoms with Crippen LogP contribution in [0.25, 0.3) is 0 Å². The highest BCUT2D eigenvalue weighted by molar-refractivity contribution is 6.29. The van der Waals surface area contributed by atoms with Crippen LogP contribution in [0, 0.1) is 13.0 Å². The van der Waals surface area contributed by atoms with Gasteiger partial charge in [0.2, 0.25) is 0 Å². The van der Waals surface area contributed by atoms with E-state index in [0.717, 1.165) is 5.69 Å². The van der Waals surface area contributed by atoms with E-state index in [1.54, 1.807) is 0 Å². The van der Waals surface area contributed by atoms with Crippen molar-refractivity contribution in [1.29, 1.82) is 0 Å². The Kier molecular flexibility index (Phi) is 1.30. The minimum Gasteiger partial charge on any atom is -0.339 e. The minimum absolute atomic E-state index is 0.669. The molecule has 1 aromatic rings. The molecule has 0 N–H and O–H groups in total. The van der Waals surface area contributed by atoms with Gasteiger partial charge in [0.1, 0.15) is 5.15 Å². The molecule has 0 spiro atoms. The number of aromatic nitrogens is 1. The van der Waals surface area contributed by atoms with E-state index in [1.165, 1.54) is 0 Å². The lowest BCUT2D eigenvalue weighted by atomic mass is 10.5. The Balaban J connectivity index is 3.19. The Morgan fingerprint density at radius 1 is 1.75 bits per heavy atom. The quantitative estimate of drug-likeness (QED) is 0.502. The van der Waals surface area contributed by atoms with Gasteiger partial charge >= 0.3 is 0 Å². The van der Waals surface area contributed by atoms with Crippen molar-refractivity contribution in [3.63, 3.8) is 0 Å². The van der Waals surface area contributed by atoms with Gasteiger partial charge in [-0.2, -0.15) is 0 Å². The first-order chi connectivity index (χ1) is 3.72. The maximum Gasteiger partial charge on any atom is 0.116 e. The van der Waals surface area contributed by atoms with E-state index in [1.807, 2.05) is 24.6 Å². The van der Waals surface area contributed by atoms with Crippen LogP contribution >= 0.6 is 11.6 Å². The van der Waals surface area contributed by atoms with E-state index in [0.29, 0.717) is 5.15 Å². The number of rotatable bonds is 0. The third-order valence-electron chi connectivity index (χ3n) is 1.22. The highest BCUT2D eigenvalue weighted by atomic mass is 35.5. The Morgan fingerprint density at radius 3 is 2.50 bits per heavy atom. The van der Waals surface area contributed by atoms with Crippen LogP contribution in [-0.4, -0.2) is 4.57 Å². The van der Waals surface area contributed by atoms with Crippen molar-refractivity contribution in [2.24, 2.45) is 7.05 Å². The molecule has 1 heterocycles. The largest absolute Gasteiger partial charge is 0.339 e. The normalized spacial score (nSPS) is 9.88. The van der Waals surface area contributed by atoms with E-state index in [4.69, 9.17) is 11.6 Å². The van der Waals surface area contributed by atoms with Gasteiger partial charge in [-0.05, 0) is 13.0 Å². The van der Waals surface area contributed by atoms with Crippen molar-refractivity contribution in [1.82, 2.24) is 4.57 Å². The van der Waals surface area contributed by atoms with Gasteiger partial charge in [0.15, 0.2) is 0 Å². The monoisotopic (exact) mass is 128 g/mol. The molecule has 0 aliphatic carbocycles. The molecule has 0 aromatic carbocycles. The lowest BCUT2D eigenvalue weighted by Crippen LogP contribution is -1.87. The second kappa shape index (κ2) is 1.82. The summed E-state index contributed by atoms with van der Waals surface area (Å²) in [6.45, 7) is 1.99. The van der Waals surface area contributed by atoms with Crippen molar-refractivity contribution >= 4 is 11.6 Å². The zero-order valence-electron chi connectivity index (χ0n) is 4.90. The predicted octanol–water partition coefficient (Wildman–Crippen LogP) is 1.79. The number of hydrogen-bond acceptors (Lipinski definition) is 0. The molecule has 0 unspecified atom stereocenters. The summed E-state index contributed by atoms with van der Waals surface area (Å²) in [5.74, 6) is 0. The molecule has 1 nitrogen and oxygen atoms in total. The fourth-order valence-corrected chi connectivity index (χ4v) is 0.700. The summed E-state index contributed by atoms with van der Waals surface area (Å²) in [6, 6.07) is 4.73. The van der Waals surface area contributed by atoms with Crippen molar-refractivity contribution in [2.75, 3.05) is 0 Å². The van der Waals surface area contributed by atoms with Crippen molar-refractivity contribution < 1.29 is 0 Å². The summed E-state index contributed by atoms with van der Waals surface area (Å²) in [5, 5.41) is 0.669. The van der Waals surface area contributed by atoms with Gasteiger partial charge in [0.05, 0.1) is 0 Å². The van der Waals surface area contributed by atoms with Crippen LogP contribution < -0.4 is 0 Å². The Hall–Kier alpha value is -0.430. The summed E-state index contributed by atoms with van der Waals surface area (Å²) in [6.07, 6.45) is 0. The van der Waals surface area contributed by atoms with E-state index < -0.39 is 0 Å². The molecule has 0 amide bonds. The third kappa shape index (κ3) is 0.736. The maximum atomic E-state index is 5.64. The van der Waals surface area contributed by atoms with Crippen LogP contribution in [0.5, 0.6) is 0 Å². The van der Waals surface area contributed by atoms with Crippen molar-refractivity contribution in [3.8, 4) is 0 Å². The van der Waals surface area contributed by atoms with Crippen LogP contribution in [0.1, 0.15) is 5.69 Å². The fraction of sp³-hybridized carbons (Fsp3) is 0.333. The van der Waals surface area contributed by atoms with Gasteiger partial charge in [0.25, 0.3) is 0 Å². The third-order valence-corrected chi connectivity index (χ3v) is 1.59. The summed E-state index contributed by atoms with van der Waals surface area (Å²) in [7, 11) is 1.91. The number of hydrogen-bond donors (Lipinski definition) is 0. The first kappa shape index (κ1) is 5.70. The second-order valence-corrected chi connectivity index (χ2v) is 2.14. The van der Waals surface area contributed by atoms with Gasteiger partial charge in [-0.15, -0.1) is 0 Å². The predicted molar refractivity (Wildman–Crippen MR) is 34.0 cm³/mol. The van der Waals surface area contributed by atoms with Gasteiger partial charge < -0.3 is 4.57 Å². The van der Waals surface area contributed by atoms with Gasteiger partial charge in [-0.3, -0.25) is 0 Å². The molecule has 0 atom stereocenters. The summed E-state index contributed by atoms with van der Waals surface area (Å²) < 4.78 is 1.88. The highest BCUT2D eigenvalue weighted by Crippen LogP contribution is 2.09. The SMILES string of the molecule is Cc1c[c]c(Cl)n1C. The Morgan fingerprint density at radius 2 is 2.38 bits per heavy atom. The molecule has 43 valence electrons. The van der Waals surface area contributed by atoms with Crippen LogP contribution in [0.4, 0.5) is 0 Å². The molecule has 0 fully saturated rings. The summed E-state index contributed by atoms with van der Waals surface area (Å²) in [4.78, 5) is 0. The van der Waals surface area contributed by atoms with E-state index in [9.17, 15) is 0 Å². The molecule has 1 aromatic heterocycles. The van der Waals surface area contributed by atoms with Crippen molar-refractivity contribution in [3.05, 3.63) is 23.0 Å². The average molecular weight is 129 g/mol. The van der Waals surface area contributed by atoms with Crippen LogP contribution in [0.2, 0.25) is 5.15 Å².